The number of hydrogen-bond donors (Lipinski definition) is 0. The van der Waals surface area contributed by atoms with Crippen molar-refractivity contribution in [2.24, 2.45) is 0 Å². The summed E-state index contributed by atoms with van der Waals surface area (Å²) in [6.07, 6.45) is 3.15. The van der Waals surface area contributed by atoms with Crippen LogP contribution in [0.25, 0.3) is 0 Å². The Morgan fingerprint density at radius 3 is 1.91 bits per heavy atom. The zero-order valence-corrected chi connectivity index (χ0v) is 13.1. The first-order valence-corrected chi connectivity index (χ1v) is 8.05. The smallest absolute Gasteiger partial charge is 0.193 e. The van der Waals surface area contributed by atoms with Crippen molar-refractivity contribution in [3.05, 3.63) is 107 Å². The predicted molar refractivity (Wildman–Crippen MR) is 94.8 cm³/mol. The predicted octanol–water partition coefficient (Wildman–Crippen LogP) is 5.09. The zero-order chi connectivity index (χ0) is 15.9. The van der Waals surface area contributed by atoms with Crippen LogP contribution < -0.4 is 0 Å². The van der Waals surface area contributed by atoms with E-state index in [0.29, 0.717) is 0 Å². The van der Waals surface area contributed by atoms with E-state index >= 15 is 0 Å². The molecule has 23 heavy (non-hydrogen) atoms. The number of hydrogen-bond acceptors (Lipinski definition) is 1. The lowest BCUT2D eigenvalue weighted by Gasteiger charge is -2.06. The van der Waals surface area contributed by atoms with Gasteiger partial charge in [-0.3, -0.25) is 4.79 Å². The summed E-state index contributed by atoms with van der Waals surface area (Å²) in [5.41, 5.74) is 4.11. The molecule has 3 rings (SSSR count). The lowest BCUT2D eigenvalue weighted by atomic mass is 9.98. The van der Waals surface area contributed by atoms with Crippen LogP contribution in [-0.4, -0.2) is 5.78 Å². The van der Waals surface area contributed by atoms with Crippen molar-refractivity contribution in [1.29, 1.82) is 0 Å². The van der Waals surface area contributed by atoms with Crippen LogP contribution in [0.15, 0.2) is 84.9 Å². The number of benzene rings is 3. The second kappa shape index (κ2) is 7.55. The minimum absolute atomic E-state index is 0.0931. The molecule has 1 nitrogen and oxygen atoms in total. The van der Waals surface area contributed by atoms with Gasteiger partial charge in [-0.25, -0.2) is 0 Å². The molecule has 3 aromatic carbocycles. The third kappa shape index (κ3) is 4.17. The number of aryl methyl sites for hydroxylation is 2. The maximum atomic E-state index is 12.5. The molecule has 0 fully saturated rings. The first kappa shape index (κ1) is 15.2. The van der Waals surface area contributed by atoms with E-state index in [-0.39, 0.29) is 5.78 Å². The van der Waals surface area contributed by atoms with Gasteiger partial charge in [0.05, 0.1) is 0 Å². The van der Waals surface area contributed by atoms with Crippen LogP contribution >= 0.6 is 0 Å². The summed E-state index contributed by atoms with van der Waals surface area (Å²) in [6, 6.07) is 28.0. The second-order valence-electron chi connectivity index (χ2n) is 5.73. The summed E-state index contributed by atoms with van der Waals surface area (Å²) in [7, 11) is 0. The minimum atomic E-state index is 0.0931. The van der Waals surface area contributed by atoms with Gasteiger partial charge in [-0.2, -0.15) is 0 Å². The molecular weight excluding hydrogens is 280 g/mol. The van der Waals surface area contributed by atoms with Crippen molar-refractivity contribution >= 4 is 5.78 Å². The van der Waals surface area contributed by atoms with Crippen LogP contribution in [0, 0.1) is 0 Å². The van der Waals surface area contributed by atoms with E-state index in [4.69, 9.17) is 0 Å². The first-order valence-electron chi connectivity index (χ1n) is 8.05. The van der Waals surface area contributed by atoms with Gasteiger partial charge in [0.2, 0.25) is 0 Å². The van der Waals surface area contributed by atoms with Crippen LogP contribution in [0.2, 0.25) is 0 Å². The third-order valence-corrected chi connectivity index (χ3v) is 4.00. The Bertz CT molecular complexity index is 760. The standard InChI is InChI=1S/C22H20O/c23-22(20-14-5-2-6-15-20)21-16-8-13-19(17-21)12-7-11-18-9-3-1-4-10-18/h1-6,8-10,13-17H,7,11-12H2. The van der Waals surface area contributed by atoms with Crippen molar-refractivity contribution in [1.82, 2.24) is 0 Å². The van der Waals surface area contributed by atoms with Crippen LogP contribution in [0.1, 0.15) is 33.5 Å². The van der Waals surface area contributed by atoms with E-state index in [9.17, 15) is 4.79 Å². The average Bonchev–Trinajstić information content (AvgIpc) is 2.63. The average molecular weight is 300 g/mol. The molecule has 0 bridgehead atoms. The molecule has 0 N–H and O–H groups in total. The summed E-state index contributed by atoms with van der Waals surface area (Å²) in [6.45, 7) is 0. The summed E-state index contributed by atoms with van der Waals surface area (Å²) in [5, 5.41) is 0. The van der Waals surface area contributed by atoms with Gasteiger partial charge in [-0.1, -0.05) is 78.9 Å². The fourth-order valence-electron chi connectivity index (χ4n) is 2.77. The molecule has 0 radical (unpaired) electrons. The van der Waals surface area contributed by atoms with Gasteiger partial charge in [0.25, 0.3) is 0 Å². The second-order valence-corrected chi connectivity index (χ2v) is 5.73. The molecular formula is C22H20O. The minimum Gasteiger partial charge on any atom is -0.289 e. The number of rotatable bonds is 6. The molecule has 0 unspecified atom stereocenters. The van der Waals surface area contributed by atoms with Gasteiger partial charge in [-0.15, -0.1) is 0 Å². The molecule has 114 valence electrons. The molecule has 0 atom stereocenters. The highest BCUT2D eigenvalue weighted by Gasteiger charge is 2.08. The summed E-state index contributed by atoms with van der Waals surface area (Å²) in [5.74, 6) is 0.0931. The first-order chi connectivity index (χ1) is 11.3. The van der Waals surface area contributed by atoms with Gasteiger partial charge in [0.15, 0.2) is 5.78 Å². The molecule has 0 amide bonds. The van der Waals surface area contributed by atoms with Gasteiger partial charge in [0.1, 0.15) is 0 Å². The molecule has 0 aliphatic heterocycles. The Kier molecular flexibility index (Phi) is 5.00. The van der Waals surface area contributed by atoms with E-state index < -0.39 is 0 Å². The highest BCUT2D eigenvalue weighted by molar-refractivity contribution is 6.09. The Labute approximate surface area is 137 Å². The number of carbonyl (C=O) groups excluding carboxylic acids is 1. The van der Waals surface area contributed by atoms with E-state index in [2.05, 4.69) is 30.3 Å². The van der Waals surface area contributed by atoms with Crippen molar-refractivity contribution in [2.45, 2.75) is 19.3 Å². The van der Waals surface area contributed by atoms with Crippen molar-refractivity contribution in [3.63, 3.8) is 0 Å². The Balaban J connectivity index is 1.64. The van der Waals surface area contributed by atoms with Crippen molar-refractivity contribution in [3.8, 4) is 0 Å². The molecule has 0 saturated heterocycles. The Morgan fingerprint density at radius 1 is 0.609 bits per heavy atom. The molecule has 0 saturated carbocycles. The van der Waals surface area contributed by atoms with E-state index in [1.807, 2.05) is 54.6 Å². The Morgan fingerprint density at radius 2 is 1.17 bits per heavy atom. The topological polar surface area (TPSA) is 17.1 Å². The highest BCUT2D eigenvalue weighted by atomic mass is 16.1. The van der Waals surface area contributed by atoms with Crippen LogP contribution in [-0.2, 0) is 12.8 Å². The normalized spacial score (nSPS) is 10.4. The van der Waals surface area contributed by atoms with Crippen molar-refractivity contribution < 1.29 is 4.79 Å². The largest absolute Gasteiger partial charge is 0.289 e. The number of carbonyl (C=O) groups is 1. The molecule has 0 aliphatic carbocycles. The molecule has 3 aromatic rings. The fraction of sp³-hybridized carbons (Fsp3) is 0.136. The number of ketones is 1. The summed E-state index contributed by atoms with van der Waals surface area (Å²) >= 11 is 0. The lowest BCUT2D eigenvalue weighted by molar-refractivity contribution is 0.103. The van der Waals surface area contributed by atoms with E-state index in [0.717, 1.165) is 30.4 Å². The molecule has 0 heterocycles. The molecule has 0 aliphatic rings. The maximum absolute atomic E-state index is 12.5. The van der Waals surface area contributed by atoms with Gasteiger partial charge in [0, 0.05) is 11.1 Å². The fourth-order valence-corrected chi connectivity index (χ4v) is 2.77. The maximum Gasteiger partial charge on any atom is 0.193 e. The zero-order valence-electron chi connectivity index (χ0n) is 13.1. The molecule has 1 heteroatoms. The summed E-state index contributed by atoms with van der Waals surface area (Å²) in [4.78, 5) is 12.5. The van der Waals surface area contributed by atoms with Crippen LogP contribution in [0.5, 0.6) is 0 Å². The van der Waals surface area contributed by atoms with Crippen LogP contribution in [0.4, 0.5) is 0 Å². The third-order valence-electron chi connectivity index (χ3n) is 4.00. The van der Waals surface area contributed by atoms with Crippen molar-refractivity contribution in [2.75, 3.05) is 0 Å². The highest BCUT2D eigenvalue weighted by Crippen LogP contribution is 2.14. The van der Waals surface area contributed by atoms with Crippen LogP contribution in [0.3, 0.4) is 0 Å². The lowest BCUT2D eigenvalue weighted by Crippen LogP contribution is -2.02. The molecule has 0 aromatic heterocycles. The molecule has 0 spiro atoms. The van der Waals surface area contributed by atoms with E-state index in [1.54, 1.807) is 0 Å². The quantitative estimate of drug-likeness (QED) is 0.579. The van der Waals surface area contributed by atoms with Gasteiger partial charge in [-0.05, 0) is 36.5 Å². The SMILES string of the molecule is O=C(c1ccccc1)c1cccc(CCCc2ccccc2)c1. The van der Waals surface area contributed by atoms with Gasteiger partial charge >= 0.3 is 0 Å². The monoisotopic (exact) mass is 300 g/mol. The van der Waals surface area contributed by atoms with E-state index in [1.165, 1.54) is 11.1 Å². The summed E-state index contributed by atoms with van der Waals surface area (Å²) < 4.78 is 0. The van der Waals surface area contributed by atoms with Gasteiger partial charge < -0.3 is 0 Å². The Hall–Kier alpha value is -2.67.